The highest BCUT2D eigenvalue weighted by molar-refractivity contribution is 7.99. The lowest BCUT2D eigenvalue weighted by Crippen LogP contribution is -2.13. The number of H-pyrrole nitrogens is 1. The van der Waals surface area contributed by atoms with E-state index in [0.717, 1.165) is 11.3 Å². The molecule has 6 nitrogen and oxygen atoms in total. The van der Waals surface area contributed by atoms with E-state index in [9.17, 15) is 4.79 Å². The molecule has 0 spiro atoms. The van der Waals surface area contributed by atoms with Crippen LogP contribution in [0.15, 0.2) is 58.5 Å². The van der Waals surface area contributed by atoms with E-state index in [1.54, 1.807) is 18.6 Å². The Morgan fingerprint density at radius 3 is 2.90 bits per heavy atom. The molecule has 3 aromatic rings. The minimum absolute atomic E-state index is 0.0964. The SMILES string of the molecule is O=C(CSc1n[nH]c(-c2ccoc2)n1)Nc1ccccc1. The summed E-state index contributed by atoms with van der Waals surface area (Å²) in [5.41, 5.74) is 1.60. The van der Waals surface area contributed by atoms with E-state index in [0.29, 0.717) is 11.0 Å². The molecule has 21 heavy (non-hydrogen) atoms. The third-order valence-corrected chi connectivity index (χ3v) is 3.50. The summed E-state index contributed by atoms with van der Waals surface area (Å²) in [6, 6.07) is 11.1. The third-order valence-electron chi connectivity index (χ3n) is 2.65. The van der Waals surface area contributed by atoms with E-state index in [4.69, 9.17) is 4.42 Å². The first-order chi connectivity index (χ1) is 10.3. The summed E-state index contributed by atoms with van der Waals surface area (Å²) >= 11 is 1.27. The molecule has 1 amide bonds. The van der Waals surface area contributed by atoms with Gasteiger partial charge in [-0.15, -0.1) is 5.10 Å². The molecule has 106 valence electrons. The maximum absolute atomic E-state index is 11.8. The molecule has 0 radical (unpaired) electrons. The van der Waals surface area contributed by atoms with Crippen molar-refractivity contribution in [2.75, 3.05) is 11.1 Å². The number of anilines is 1. The van der Waals surface area contributed by atoms with Crippen LogP contribution < -0.4 is 5.32 Å². The molecular weight excluding hydrogens is 288 g/mol. The fourth-order valence-corrected chi connectivity index (χ4v) is 2.29. The summed E-state index contributed by atoms with van der Waals surface area (Å²) in [7, 11) is 0. The standard InChI is InChI=1S/C14H12N4O2S/c19-12(15-11-4-2-1-3-5-11)9-21-14-16-13(17-18-14)10-6-7-20-8-10/h1-8H,9H2,(H,15,19)(H,16,17,18). The number of carbonyl (C=O) groups is 1. The van der Waals surface area contributed by atoms with Gasteiger partial charge in [0.25, 0.3) is 0 Å². The topological polar surface area (TPSA) is 83.8 Å². The summed E-state index contributed by atoms with van der Waals surface area (Å²) in [5.74, 6) is 0.771. The monoisotopic (exact) mass is 300 g/mol. The van der Waals surface area contributed by atoms with Crippen LogP contribution in [0.4, 0.5) is 5.69 Å². The van der Waals surface area contributed by atoms with Gasteiger partial charge in [-0.3, -0.25) is 9.89 Å². The van der Waals surface area contributed by atoms with Crippen molar-refractivity contribution in [1.29, 1.82) is 0 Å². The predicted molar refractivity (Wildman–Crippen MR) is 79.9 cm³/mol. The first kappa shape index (κ1) is 13.4. The number of nitrogens with zero attached hydrogens (tertiary/aromatic N) is 2. The first-order valence-electron chi connectivity index (χ1n) is 6.24. The zero-order chi connectivity index (χ0) is 14.5. The highest BCUT2D eigenvalue weighted by Crippen LogP contribution is 2.19. The number of aromatic nitrogens is 3. The van der Waals surface area contributed by atoms with Crippen molar-refractivity contribution in [3.8, 4) is 11.4 Å². The summed E-state index contributed by atoms with van der Waals surface area (Å²) in [6.45, 7) is 0. The number of aromatic amines is 1. The quantitative estimate of drug-likeness (QED) is 0.708. The molecule has 0 aliphatic carbocycles. The minimum atomic E-state index is -0.0964. The van der Waals surface area contributed by atoms with Gasteiger partial charge < -0.3 is 9.73 Å². The van der Waals surface area contributed by atoms with E-state index in [1.165, 1.54) is 11.8 Å². The van der Waals surface area contributed by atoms with Crippen LogP contribution in [0.25, 0.3) is 11.4 Å². The number of furan rings is 1. The third kappa shape index (κ3) is 3.51. The zero-order valence-corrected chi connectivity index (χ0v) is 11.8. The maximum Gasteiger partial charge on any atom is 0.234 e. The van der Waals surface area contributed by atoms with Crippen LogP contribution in [-0.2, 0) is 4.79 Å². The van der Waals surface area contributed by atoms with Crippen LogP contribution >= 0.6 is 11.8 Å². The van der Waals surface area contributed by atoms with E-state index >= 15 is 0 Å². The van der Waals surface area contributed by atoms with Crippen LogP contribution in [0.3, 0.4) is 0 Å². The smallest absolute Gasteiger partial charge is 0.234 e. The van der Waals surface area contributed by atoms with Gasteiger partial charge in [-0.1, -0.05) is 30.0 Å². The number of benzene rings is 1. The van der Waals surface area contributed by atoms with Crippen molar-refractivity contribution in [2.45, 2.75) is 5.16 Å². The highest BCUT2D eigenvalue weighted by Gasteiger charge is 2.09. The summed E-state index contributed by atoms with van der Waals surface area (Å²) in [4.78, 5) is 16.1. The van der Waals surface area contributed by atoms with Gasteiger partial charge in [-0.05, 0) is 18.2 Å². The van der Waals surface area contributed by atoms with Crippen LogP contribution in [0.1, 0.15) is 0 Å². The van der Waals surface area contributed by atoms with Crippen molar-refractivity contribution in [1.82, 2.24) is 15.2 Å². The van der Waals surface area contributed by atoms with Gasteiger partial charge >= 0.3 is 0 Å². The fraction of sp³-hybridized carbons (Fsp3) is 0.0714. The Kier molecular flexibility index (Phi) is 4.02. The van der Waals surface area contributed by atoms with E-state index in [-0.39, 0.29) is 11.7 Å². The highest BCUT2D eigenvalue weighted by atomic mass is 32.2. The molecule has 0 aliphatic heterocycles. The zero-order valence-electron chi connectivity index (χ0n) is 10.9. The maximum atomic E-state index is 11.8. The Morgan fingerprint density at radius 1 is 1.29 bits per heavy atom. The van der Waals surface area contributed by atoms with Crippen molar-refractivity contribution >= 4 is 23.4 Å². The summed E-state index contributed by atoms with van der Waals surface area (Å²) < 4.78 is 4.98. The molecule has 0 atom stereocenters. The predicted octanol–water partition coefficient (Wildman–Crippen LogP) is 2.80. The number of amides is 1. The molecule has 1 aromatic carbocycles. The normalized spacial score (nSPS) is 10.5. The number of para-hydroxylation sites is 1. The van der Waals surface area contributed by atoms with E-state index < -0.39 is 0 Å². The van der Waals surface area contributed by atoms with Crippen molar-refractivity contribution < 1.29 is 9.21 Å². The van der Waals surface area contributed by atoms with Gasteiger partial charge in [0, 0.05) is 5.69 Å². The Balaban J connectivity index is 1.54. The van der Waals surface area contributed by atoms with Crippen LogP contribution in [0.2, 0.25) is 0 Å². The second-order valence-electron chi connectivity index (χ2n) is 4.18. The van der Waals surface area contributed by atoms with Crippen molar-refractivity contribution in [3.05, 3.63) is 48.9 Å². The fourth-order valence-electron chi connectivity index (χ4n) is 1.69. The molecule has 2 heterocycles. The average Bonchev–Trinajstić information content (AvgIpc) is 3.17. The lowest BCUT2D eigenvalue weighted by atomic mass is 10.3. The van der Waals surface area contributed by atoms with Crippen molar-refractivity contribution in [2.24, 2.45) is 0 Å². The molecule has 0 bridgehead atoms. The molecule has 0 fully saturated rings. The summed E-state index contributed by atoms with van der Waals surface area (Å²) in [6.07, 6.45) is 3.15. The number of hydrogen-bond donors (Lipinski definition) is 2. The van der Waals surface area contributed by atoms with Gasteiger partial charge in [0.15, 0.2) is 5.82 Å². The average molecular weight is 300 g/mol. The molecule has 2 aromatic heterocycles. The lowest BCUT2D eigenvalue weighted by Gasteiger charge is -2.02. The number of nitrogens with one attached hydrogen (secondary N) is 2. The van der Waals surface area contributed by atoms with Gasteiger partial charge in [-0.2, -0.15) is 0 Å². The largest absolute Gasteiger partial charge is 0.472 e. The first-order valence-corrected chi connectivity index (χ1v) is 7.22. The van der Waals surface area contributed by atoms with E-state index in [2.05, 4.69) is 20.5 Å². The van der Waals surface area contributed by atoms with Crippen LogP contribution in [0.5, 0.6) is 0 Å². The van der Waals surface area contributed by atoms with Gasteiger partial charge in [-0.25, -0.2) is 4.98 Å². The number of rotatable bonds is 5. The molecule has 2 N–H and O–H groups in total. The Labute approximate surface area is 125 Å². The summed E-state index contributed by atoms with van der Waals surface area (Å²) in [5, 5.41) is 10.2. The molecule has 0 saturated heterocycles. The molecule has 0 saturated carbocycles. The molecule has 3 rings (SSSR count). The Bertz CT molecular complexity index is 710. The number of thioether (sulfide) groups is 1. The van der Waals surface area contributed by atoms with Gasteiger partial charge in [0.05, 0.1) is 17.6 Å². The van der Waals surface area contributed by atoms with Crippen LogP contribution in [-0.4, -0.2) is 26.8 Å². The number of carbonyl (C=O) groups excluding carboxylic acids is 1. The molecular formula is C14H12N4O2S. The Hall–Kier alpha value is -2.54. The number of hydrogen-bond acceptors (Lipinski definition) is 5. The van der Waals surface area contributed by atoms with Crippen molar-refractivity contribution in [3.63, 3.8) is 0 Å². The second kappa shape index (κ2) is 6.27. The Morgan fingerprint density at radius 2 is 2.14 bits per heavy atom. The van der Waals surface area contributed by atoms with E-state index in [1.807, 2.05) is 30.3 Å². The molecule has 0 unspecified atom stereocenters. The molecule has 0 aliphatic rings. The lowest BCUT2D eigenvalue weighted by molar-refractivity contribution is -0.113. The molecule has 7 heteroatoms. The minimum Gasteiger partial charge on any atom is -0.472 e. The van der Waals surface area contributed by atoms with Gasteiger partial charge in [0.1, 0.15) is 6.26 Å². The second-order valence-corrected chi connectivity index (χ2v) is 5.12. The van der Waals surface area contributed by atoms with Crippen LogP contribution in [0, 0.1) is 0 Å². The van der Waals surface area contributed by atoms with Gasteiger partial charge in [0.2, 0.25) is 11.1 Å².